The minimum atomic E-state index is -0.644. The van der Waals surface area contributed by atoms with E-state index in [2.05, 4.69) is 5.32 Å². The number of allylic oxidation sites excluding steroid dienone is 1. The Morgan fingerprint density at radius 2 is 1.95 bits per heavy atom. The Morgan fingerprint density at radius 1 is 1.33 bits per heavy atom. The number of nitrogens with one attached hydrogen (secondary N) is 1. The molecule has 0 heterocycles. The third kappa shape index (κ3) is 5.18. The van der Waals surface area contributed by atoms with Crippen LogP contribution in [0, 0.1) is 22.7 Å². The number of anilines is 1. The summed E-state index contributed by atoms with van der Waals surface area (Å²) >= 11 is 6.05. The Morgan fingerprint density at radius 3 is 2.48 bits per heavy atom. The number of nitrogens with zero attached hydrogens (tertiary/aromatic N) is 2. The van der Waals surface area contributed by atoms with Crippen LogP contribution in [0.25, 0.3) is 6.08 Å². The number of ether oxygens (including phenoxy) is 1. The maximum Gasteiger partial charge on any atom is 0.412 e. The molecular weight excluding hydrogens is 290 g/mol. The molecule has 0 fully saturated rings. The van der Waals surface area contributed by atoms with Crippen molar-refractivity contribution in [3.8, 4) is 12.1 Å². The Labute approximate surface area is 128 Å². The quantitative estimate of drug-likeness (QED) is 0.833. The van der Waals surface area contributed by atoms with Crippen molar-refractivity contribution in [2.45, 2.75) is 26.4 Å². The highest BCUT2D eigenvalue weighted by Crippen LogP contribution is 2.27. The van der Waals surface area contributed by atoms with Crippen molar-refractivity contribution in [3.05, 3.63) is 34.4 Å². The molecule has 0 atom stereocenters. The summed E-state index contributed by atoms with van der Waals surface area (Å²) in [5, 5.41) is 20.5. The molecule has 1 aromatic carbocycles. The summed E-state index contributed by atoms with van der Waals surface area (Å²) in [6, 6.07) is 8.33. The third-order valence-electron chi connectivity index (χ3n) is 2.22. The van der Waals surface area contributed by atoms with Crippen LogP contribution in [0.5, 0.6) is 0 Å². The standard InChI is InChI=1S/C15H14ClN3O2/c1-15(2,3)21-14(20)19-13-6-4-5-12(16)11(13)7-10(8-17)9-18/h4-7H,1-3H3,(H,19,20). The summed E-state index contributed by atoms with van der Waals surface area (Å²) in [4.78, 5) is 11.8. The minimum absolute atomic E-state index is 0.115. The topological polar surface area (TPSA) is 85.9 Å². The normalized spacial score (nSPS) is 10.0. The number of hydrogen-bond acceptors (Lipinski definition) is 4. The number of benzene rings is 1. The smallest absolute Gasteiger partial charge is 0.412 e. The molecule has 21 heavy (non-hydrogen) atoms. The first-order valence-corrected chi connectivity index (χ1v) is 6.45. The largest absolute Gasteiger partial charge is 0.444 e. The van der Waals surface area contributed by atoms with Gasteiger partial charge in [0.25, 0.3) is 0 Å². The second-order valence-corrected chi connectivity index (χ2v) is 5.52. The molecule has 0 saturated heterocycles. The van der Waals surface area contributed by atoms with Crippen LogP contribution in [0.3, 0.4) is 0 Å². The number of carbonyl (C=O) groups is 1. The predicted molar refractivity (Wildman–Crippen MR) is 80.5 cm³/mol. The van der Waals surface area contributed by atoms with E-state index >= 15 is 0 Å². The monoisotopic (exact) mass is 303 g/mol. The molecule has 6 heteroatoms. The maximum atomic E-state index is 11.8. The van der Waals surface area contributed by atoms with Crippen LogP contribution in [-0.2, 0) is 4.74 Å². The van der Waals surface area contributed by atoms with Gasteiger partial charge >= 0.3 is 6.09 Å². The van der Waals surface area contributed by atoms with Gasteiger partial charge in [0.1, 0.15) is 23.3 Å². The molecule has 0 saturated carbocycles. The zero-order valence-electron chi connectivity index (χ0n) is 11.9. The van der Waals surface area contributed by atoms with E-state index in [-0.39, 0.29) is 5.57 Å². The van der Waals surface area contributed by atoms with Crippen molar-refractivity contribution in [1.29, 1.82) is 10.5 Å². The lowest BCUT2D eigenvalue weighted by Gasteiger charge is -2.20. The molecule has 0 aliphatic carbocycles. The van der Waals surface area contributed by atoms with E-state index in [1.807, 2.05) is 0 Å². The third-order valence-corrected chi connectivity index (χ3v) is 2.55. The Kier molecular flexibility index (Phi) is 5.35. The number of rotatable bonds is 2. The van der Waals surface area contributed by atoms with Crippen LogP contribution in [0.1, 0.15) is 26.3 Å². The fraction of sp³-hybridized carbons (Fsp3) is 0.267. The van der Waals surface area contributed by atoms with Gasteiger partial charge in [0.2, 0.25) is 0 Å². The van der Waals surface area contributed by atoms with E-state index in [9.17, 15) is 4.79 Å². The van der Waals surface area contributed by atoms with Gasteiger partial charge in [-0.3, -0.25) is 5.32 Å². The molecule has 0 bridgehead atoms. The molecular formula is C15H14ClN3O2. The van der Waals surface area contributed by atoms with Gasteiger partial charge in [-0.2, -0.15) is 10.5 Å². The van der Waals surface area contributed by atoms with Gasteiger partial charge in [-0.05, 0) is 39.0 Å². The predicted octanol–water partition coefficient (Wildman–Crippen LogP) is 4.12. The SMILES string of the molecule is CC(C)(C)OC(=O)Nc1cccc(Cl)c1C=C(C#N)C#N. The number of nitriles is 2. The zero-order valence-corrected chi connectivity index (χ0v) is 12.7. The van der Waals surface area contributed by atoms with E-state index in [0.717, 1.165) is 0 Å². The lowest BCUT2D eigenvalue weighted by atomic mass is 10.1. The molecule has 1 aromatic rings. The fourth-order valence-corrected chi connectivity index (χ4v) is 1.67. The average molecular weight is 304 g/mol. The van der Waals surface area contributed by atoms with Crippen LogP contribution < -0.4 is 5.32 Å². The van der Waals surface area contributed by atoms with E-state index in [0.29, 0.717) is 16.3 Å². The van der Waals surface area contributed by atoms with Crippen molar-refractivity contribution in [2.24, 2.45) is 0 Å². The lowest BCUT2D eigenvalue weighted by molar-refractivity contribution is 0.0636. The molecule has 1 amide bonds. The van der Waals surface area contributed by atoms with Crippen molar-refractivity contribution in [2.75, 3.05) is 5.32 Å². The molecule has 0 aliphatic heterocycles. The van der Waals surface area contributed by atoms with Crippen LogP contribution in [-0.4, -0.2) is 11.7 Å². The van der Waals surface area contributed by atoms with Gasteiger partial charge in [0, 0.05) is 10.6 Å². The fourth-order valence-electron chi connectivity index (χ4n) is 1.44. The Bertz CT molecular complexity index is 645. The average Bonchev–Trinajstić information content (AvgIpc) is 2.36. The summed E-state index contributed by atoms with van der Waals surface area (Å²) in [7, 11) is 0. The molecule has 0 spiro atoms. The molecule has 1 rings (SSSR count). The summed E-state index contributed by atoms with van der Waals surface area (Å²) in [6.45, 7) is 5.23. The highest BCUT2D eigenvalue weighted by atomic mass is 35.5. The van der Waals surface area contributed by atoms with Gasteiger partial charge < -0.3 is 4.74 Å². The first-order chi connectivity index (χ1) is 9.76. The van der Waals surface area contributed by atoms with E-state index in [1.54, 1.807) is 51.1 Å². The molecule has 0 unspecified atom stereocenters. The van der Waals surface area contributed by atoms with E-state index in [1.165, 1.54) is 6.08 Å². The van der Waals surface area contributed by atoms with Crippen LogP contribution >= 0.6 is 11.6 Å². The number of carbonyl (C=O) groups excluding carboxylic acids is 1. The van der Waals surface area contributed by atoms with Gasteiger partial charge in [-0.1, -0.05) is 17.7 Å². The van der Waals surface area contributed by atoms with Crippen LogP contribution in [0.4, 0.5) is 10.5 Å². The number of halogens is 1. The zero-order chi connectivity index (χ0) is 16.0. The number of hydrogen-bond donors (Lipinski definition) is 1. The van der Waals surface area contributed by atoms with Gasteiger partial charge in [0.15, 0.2) is 0 Å². The van der Waals surface area contributed by atoms with E-state index in [4.69, 9.17) is 26.9 Å². The highest BCUT2D eigenvalue weighted by Gasteiger charge is 2.17. The van der Waals surface area contributed by atoms with Crippen molar-refractivity contribution >= 4 is 29.5 Å². The molecule has 5 nitrogen and oxygen atoms in total. The van der Waals surface area contributed by atoms with Crippen LogP contribution in [0.15, 0.2) is 23.8 Å². The van der Waals surface area contributed by atoms with Gasteiger partial charge in [0.05, 0.1) is 5.69 Å². The van der Waals surface area contributed by atoms with Gasteiger partial charge in [-0.25, -0.2) is 4.79 Å². The van der Waals surface area contributed by atoms with Crippen molar-refractivity contribution < 1.29 is 9.53 Å². The van der Waals surface area contributed by atoms with Crippen molar-refractivity contribution in [1.82, 2.24) is 0 Å². The first-order valence-electron chi connectivity index (χ1n) is 6.07. The summed E-state index contributed by atoms with van der Waals surface area (Å²) in [6.07, 6.45) is 0.671. The summed E-state index contributed by atoms with van der Waals surface area (Å²) in [5.41, 5.74) is -0.0124. The summed E-state index contributed by atoms with van der Waals surface area (Å²) in [5.74, 6) is 0. The Balaban J connectivity index is 3.13. The Hall–Kier alpha value is -2.50. The molecule has 0 aliphatic rings. The van der Waals surface area contributed by atoms with E-state index < -0.39 is 11.7 Å². The number of amides is 1. The first kappa shape index (κ1) is 16.6. The minimum Gasteiger partial charge on any atom is -0.444 e. The molecule has 1 N–H and O–H groups in total. The lowest BCUT2D eigenvalue weighted by Crippen LogP contribution is -2.27. The summed E-state index contributed by atoms with van der Waals surface area (Å²) < 4.78 is 5.15. The molecule has 0 aromatic heterocycles. The molecule has 0 radical (unpaired) electrons. The highest BCUT2D eigenvalue weighted by molar-refractivity contribution is 6.32. The second-order valence-electron chi connectivity index (χ2n) is 5.11. The molecule has 108 valence electrons. The van der Waals surface area contributed by atoms with Crippen LogP contribution in [0.2, 0.25) is 5.02 Å². The van der Waals surface area contributed by atoms with Crippen molar-refractivity contribution in [3.63, 3.8) is 0 Å². The maximum absolute atomic E-state index is 11.8. The second kappa shape index (κ2) is 6.78. The van der Waals surface area contributed by atoms with Gasteiger partial charge in [-0.15, -0.1) is 0 Å².